The van der Waals surface area contributed by atoms with E-state index >= 15 is 0 Å². The molecule has 1 fully saturated rings. The van der Waals surface area contributed by atoms with Crippen LogP contribution in [0.15, 0.2) is 0 Å². The molecule has 2 nitrogen and oxygen atoms in total. The summed E-state index contributed by atoms with van der Waals surface area (Å²) in [5.41, 5.74) is 5.77. The zero-order valence-electron chi connectivity index (χ0n) is 8.59. The normalized spacial score (nSPS) is 22.8. The van der Waals surface area contributed by atoms with Crippen molar-refractivity contribution in [2.75, 3.05) is 13.6 Å². The molecular weight excluding hydrogens is 148 g/mol. The highest BCUT2D eigenvalue weighted by molar-refractivity contribution is 4.89. The SMILES string of the molecule is CCC(C)N(C)C(CN)C1CC1. The van der Waals surface area contributed by atoms with Crippen molar-refractivity contribution in [2.24, 2.45) is 11.7 Å². The van der Waals surface area contributed by atoms with Gasteiger partial charge in [0.25, 0.3) is 0 Å². The molecule has 2 unspecified atom stereocenters. The standard InChI is InChI=1S/C10H22N2/c1-4-8(2)12(3)10(7-11)9-5-6-9/h8-10H,4-7,11H2,1-3H3. The number of hydrogen-bond donors (Lipinski definition) is 1. The van der Waals surface area contributed by atoms with Gasteiger partial charge in [0.2, 0.25) is 0 Å². The molecule has 0 spiro atoms. The van der Waals surface area contributed by atoms with Crippen molar-refractivity contribution in [3.8, 4) is 0 Å². The third-order valence-electron chi connectivity index (χ3n) is 3.22. The van der Waals surface area contributed by atoms with Crippen molar-refractivity contribution in [1.82, 2.24) is 4.90 Å². The monoisotopic (exact) mass is 170 g/mol. The maximum Gasteiger partial charge on any atom is 0.0246 e. The topological polar surface area (TPSA) is 29.3 Å². The highest BCUT2D eigenvalue weighted by Gasteiger charge is 2.33. The minimum absolute atomic E-state index is 0.639. The highest BCUT2D eigenvalue weighted by atomic mass is 15.2. The molecule has 2 heteroatoms. The summed E-state index contributed by atoms with van der Waals surface area (Å²) < 4.78 is 0. The third-order valence-corrected chi connectivity index (χ3v) is 3.22. The zero-order valence-corrected chi connectivity index (χ0v) is 8.59. The van der Waals surface area contributed by atoms with E-state index in [1.807, 2.05) is 0 Å². The summed E-state index contributed by atoms with van der Waals surface area (Å²) in [6.45, 7) is 5.35. The molecule has 0 aromatic carbocycles. The van der Waals surface area contributed by atoms with Crippen molar-refractivity contribution in [2.45, 2.75) is 45.2 Å². The number of nitrogens with two attached hydrogens (primary N) is 1. The van der Waals surface area contributed by atoms with Gasteiger partial charge in [0.15, 0.2) is 0 Å². The van der Waals surface area contributed by atoms with Crippen molar-refractivity contribution >= 4 is 0 Å². The van der Waals surface area contributed by atoms with Gasteiger partial charge in [0, 0.05) is 18.6 Å². The molecule has 1 saturated carbocycles. The second-order valence-electron chi connectivity index (χ2n) is 4.06. The van der Waals surface area contributed by atoms with E-state index in [4.69, 9.17) is 5.73 Å². The molecular formula is C10H22N2. The minimum Gasteiger partial charge on any atom is -0.329 e. The number of likely N-dealkylation sites (N-methyl/N-ethyl adjacent to an activating group) is 1. The van der Waals surface area contributed by atoms with E-state index in [0.29, 0.717) is 12.1 Å². The minimum atomic E-state index is 0.639. The summed E-state index contributed by atoms with van der Waals surface area (Å²) in [5.74, 6) is 0.897. The molecule has 1 aliphatic rings. The Hall–Kier alpha value is -0.0800. The average Bonchev–Trinajstić information content (AvgIpc) is 2.88. The Morgan fingerprint density at radius 1 is 1.50 bits per heavy atom. The Bertz CT molecular complexity index is 132. The van der Waals surface area contributed by atoms with Crippen LogP contribution in [0.5, 0.6) is 0 Å². The van der Waals surface area contributed by atoms with Crippen molar-refractivity contribution in [3.63, 3.8) is 0 Å². The van der Waals surface area contributed by atoms with Crippen molar-refractivity contribution in [3.05, 3.63) is 0 Å². The average molecular weight is 170 g/mol. The van der Waals surface area contributed by atoms with Crippen LogP contribution < -0.4 is 5.73 Å². The lowest BCUT2D eigenvalue weighted by atomic mass is 10.1. The molecule has 2 atom stereocenters. The van der Waals surface area contributed by atoms with Crippen LogP contribution in [-0.2, 0) is 0 Å². The molecule has 0 bridgehead atoms. The van der Waals surface area contributed by atoms with Crippen LogP contribution in [-0.4, -0.2) is 30.6 Å². The van der Waals surface area contributed by atoms with Crippen LogP contribution in [0.1, 0.15) is 33.1 Å². The van der Waals surface area contributed by atoms with Crippen LogP contribution >= 0.6 is 0 Å². The molecule has 0 heterocycles. The zero-order chi connectivity index (χ0) is 9.14. The molecule has 1 aliphatic carbocycles. The Morgan fingerprint density at radius 3 is 2.42 bits per heavy atom. The van der Waals surface area contributed by atoms with Gasteiger partial charge in [-0.05, 0) is 39.2 Å². The predicted molar refractivity (Wildman–Crippen MR) is 53.1 cm³/mol. The lowest BCUT2D eigenvalue weighted by molar-refractivity contribution is 0.166. The van der Waals surface area contributed by atoms with Gasteiger partial charge in [-0.15, -0.1) is 0 Å². The summed E-state index contributed by atoms with van der Waals surface area (Å²) in [5, 5.41) is 0. The summed E-state index contributed by atoms with van der Waals surface area (Å²) in [6, 6.07) is 1.32. The smallest absolute Gasteiger partial charge is 0.0246 e. The molecule has 0 aliphatic heterocycles. The van der Waals surface area contributed by atoms with Gasteiger partial charge >= 0.3 is 0 Å². The first-order valence-corrected chi connectivity index (χ1v) is 5.12. The first-order valence-electron chi connectivity index (χ1n) is 5.12. The van der Waals surface area contributed by atoms with Crippen molar-refractivity contribution < 1.29 is 0 Å². The Labute approximate surface area is 76.1 Å². The quantitative estimate of drug-likeness (QED) is 0.676. The lowest BCUT2D eigenvalue weighted by Gasteiger charge is -2.32. The molecule has 0 aromatic rings. The van der Waals surface area contributed by atoms with E-state index in [2.05, 4.69) is 25.8 Å². The fourth-order valence-corrected chi connectivity index (χ4v) is 1.79. The van der Waals surface area contributed by atoms with E-state index in [9.17, 15) is 0 Å². The largest absolute Gasteiger partial charge is 0.329 e. The fourth-order valence-electron chi connectivity index (χ4n) is 1.79. The van der Waals surface area contributed by atoms with E-state index in [1.165, 1.54) is 19.3 Å². The fraction of sp³-hybridized carbons (Fsp3) is 1.00. The molecule has 0 saturated heterocycles. The van der Waals surface area contributed by atoms with Crippen LogP contribution in [0.4, 0.5) is 0 Å². The van der Waals surface area contributed by atoms with E-state index < -0.39 is 0 Å². The molecule has 12 heavy (non-hydrogen) atoms. The Morgan fingerprint density at radius 2 is 2.08 bits per heavy atom. The van der Waals surface area contributed by atoms with Gasteiger partial charge < -0.3 is 5.73 Å². The number of nitrogens with zero attached hydrogens (tertiary/aromatic N) is 1. The summed E-state index contributed by atoms with van der Waals surface area (Å²) in [7, 11) is 2.21. The second-order valence-corrected chi connectivity index (χ2v) is 4.06. The third kappa shape index (κ3) is 2.20. The number of hydrogen-bond acceptors (Lipinski definition) is 2. The molecule has 2 N–H and O–H groups in total. The summed E-state index contributed by atoms with van der Waals surface area (Å²) >= 11 is 0. The number of rotatable bonds is 5. The first kappa shape index (κ1) is 10.0. The molecule has 1 rings (SSSR count). The van der Waals surface area contributed by atoms with E-state index in [0.717, 1.165) is 12.5 Å². The maximum atomic E-state index is 5.77. The van der Waals surface area contributed by atoms with Crippen LogP contribution in [0.2, 0.25) is 0 Å². The van der Waals surface area contributed by atoms with Crippen LogP contribution in [0.25, 0.3) is 0 Å². The van der Waals surface area contributed by atoms with E-state index in [1.54, 1.807) is 0 Å². The van der Waals surface area contributed by atoms with E-state index in [-0.39, 0.29) is 0 Å². The Balaban J connectivity index is 2.40. The lowest BCUT2D eigenvalue weighted by Crippen LogP contribution is -2.44. The molecule has 0 aromatic heterocycles. The van der Waals surface area contributed by atoms with Crippen molar-refractivity contribution in [1.29, 1.82) is 0 Å². The van der Waals surface area contributed by atoms with Gasteiger partial charge in [-0.3, -0.25) is 4.90 Å². The summed E-state index contributed by atoms with van der Waals surface area (Å²) in [4.78, 5) is 2.46. The molecule has 72 valence electrons. The van der Waals surface area contributed by atoms with Gasteiger partial charge in [0.05, 0.1) is 0 Å². The summed E-state index contributed by atoms with van der Waals surface area (Å²) in [6.07, 6.45) is 4.00. The van der Waals surface area contributed by atoms with Gasteiger partial charge in [0.1, 0.15) is 0 Å². The van der Waals surface area contributed by atoms with Gasteiger partial charge in [-0.1, -0.05) is 6.92 Å². The Kier molecular flexibility index (Phi) is 3.53. The highest BCUT2D eigenvalue weighted by Crippen LogP contribution is 2.35. The van der Waals surface area contributed by atoms with Crippen LogP contribution in [0, 0.1) is 5.92 Å². The first-order chi connectivity index (χ1) is 5.70. The molecule has 0 amide bonds. The maximum absolute atomic E-state index is 5.77. The molecule has 0 radical (unpaired) electrons. The predicted octanol–water partition coefficient (Wildman–Crippen LogP) is 1.45. The van der Waals surface area contributed by atoms with Gasteiger partial charge in [-0.2, -0.15) is 0 Å². The second kappa shape index (κ2) is 4.24. The van der Waals surface area contributed by atoms with Crippen LogP contribution in [0.3, 0.4) is 0 Å². The van der Waals surface area contributed by atoms with Gasteiger partial charge in [-0.25, -0.2) is 0 Å².